The Morgan fingerprint density at radius 3 is 2.62 bits per heavy atom. The number of aliphatic hydroxyl groups excluding tert-OH is 1. The lowest BCUT2D eigenvalue weighted by Gasteiger charge is -2.25. The molecule has 1 rings (SSSR count). The number of benzene rings is 1. The van der Waals surface area contributed by atoms with Crippen LogP contribution in [0.5, 0.6) is 0 Å². The summed E-state index contributed by atoms with van der Waals surface area (Å²) in [7, 11) is 1.32. The van der Waals surface area contributed by atoms with Gasteiger partial charge in [0, 0.05) is 5.92 Å². The van der Waals surface area contributed by atoms with E-state index in [2.05, 4.69) is 6.58 Å². The molecule has 0 spiro atoms. The van der Waals surface area contributed by atoms with E-state index in [4.69, 9.17) is 9.47 Å². The molecule has 0 aliphatic rings. The minimum Gasteiger partial charge on any atom is -0.469 e. The number of esters is 1. The predicted molar refractivity (Wildman–Crippen MR) is 81.6 cm³/mol. The number of hydrogen-bond donors (Lipinski definition) is 1. The van der Waals surface area contributed by atoms with Gasteiger partial charge in [0.15, 0.2) is 0 Å². The zero-order chi connectivity index (χ0) is 15.7. The Hall–Kier alpha value is -1.65. The second-order valence-corrected chi connectivity index (χ2v) is 5.12. The predicted octanol–water partition coefficient (Wildman–Crippen LogP) is 2.57. The molecule has 3 atom stereocenters. The average molecular weight is 292 g/mol. The fraction of sp³-hybridized carbons (Fsp3) is 0.471. The van der Waals surface area contributed by atoms with Crippen LogP contribution in [0.1, 0.15) is 18.9 Å². The first-order chi connectivity index (χ1) is 10.1. The summed E-state index contributed by atoms with van der Waals surface area (Å²) >= 11 is 0. The average Bonchev–Trinajstić information content (AvgIpc) is 2.52. The van der Waals surface area contributed by atoms with Crippen LogP contribution in [0.15, 0.2) is 43.0 Å². The number of allylic oxidation sites excluding steroid dienone is 1. The van der Waals surface area contributed by atoms with E-state index >= 15 is 0 Å². The molecule has 1 N–H and O–H groups in total. The first-order valence-corrected chi connectivity index (χ1v) is 7.08. The van der Waals surface area contributed by atoms with Crippen molar-refractivity contribution >= 4 is 5.97 Å². The van der Waals surface area contributed by atoms with Crippen LogP contribution in [0.2, 0.25) is 0 Å². The molecule has 0 fully saturated rings. The van der Waals surface area contributed by atoms with E-state index in [9.17, 15) is 9.90 Å². The number of methoxy groups -OCH3 is 1. The van der Waals surface area contributed by atoms with Gasteiger partial charge in [-0.3, -0.25) is 4.79 Å². The van der Waals surface area contributed by atoms with Crippen LogP contribution in [0.25, 0.3) is 0 Å². The summed E-state index contributed by atoms with van der Waals surface area (Å²) in [5.41, 5.74) is 1.08. The Morgan fingerprint density at radius 1 is 1.38 bits per heavy atom. The van der Waals surface area contributed by atoms with E-state index < -0.39 is 18.0 Å². The largest absolute Gasteiger partial charge is 0.469 e. The van der Waals surface area contributed by atoms with Gasteiger partial charge in [-0.1, -0.05) is 43.3 Å². The maximum atomic E-state index is 11.7. The highest BCUT2D eigenvalue weighted by Crippen LogP contribution is 2.19. The molecule has 116 valence electrons. The summed E-state index contributed by atoms with van der Waals surface area (Å²) < 4.78 is 10.3. The first-order valence-electron chi connectivity index (χ1n) is 7.08. The maximum absolute atomic E-state index is 11.7. The maximum Gasteiger partial charge on any atom is 0.311 e. The Labute approximate surface area is 126 Å². The first kappa shape index (κ1) is 17.4. The van der Waals surface area contributed by atoms with Crippen molar-refractivity contribution in [3.63, 3.8) is 0 Å². The second-order valence-electron chi connectivity index (χ2n) is 5.12. The number of aliphatic hydroxyl groups is 1. The van der Waals surface area contributed by atoms with Crippen molar-refractivity contribution in [2.45, 2.75) is 26.1 Å². The molecule has 0 unspecified atom stereocenters. The van der Waals surface area contributed by atoms with E-state index in [1.807, 2.05) is 37.3 Å². The molecule has 0 aliphatic heterocycles. The quantitative estimate of drug-likeness (QED) is 0.561. The van der Waals surface area contributed by atoms with E-state index in [-0.39, 0.29) is 5.92 Å². The molecule has 1 aromatic carbocycles. The summed E-state index contributed by atoms with van der Waals surface area (Å²) in [6.07, 6.45) is 1.19. The molecule has 0 radical (unpaired) electrons. The molecule has 0 aliphatic carbocycles. The zero-order valence-corrected chi connectivity index (χ0v) is 12.7. The third-order valence-electron chi connectivity index (χ3n) is 3.41. The molecule has 0 saturated carbocycles. The van der Waals surface area contributed by atoms with Crippen molar-refractivity contribution in [2.24, 2.45) is 11.8 Å². The van der Waals surface area contributed by atoms with Gasteiger partial charge in [-0.15, -0.1) is 6.58 Å². The Morgan fingerprint density at radius 2 is 2.05 bits per heavy atom. The number of rotatable bonds is 9. The van der Waals surface area contributed by atoms with Gasteiger partial charge in [0.25, 0.3) is 0 Å². The lowest BCUT2D eigenvalue weighted by molar-refractivity contribution is -0.151. The lowest BCUT2D eigenvalue weighted by Crippen LogP contribution is -2.35. The number of ether oxygens (including phenoxy) is 2. The van der Waals surface area contributed by atoms with Crippen LogP contribution in [0, 0.1) is 11.8 Å². The van der Waals surface area contributed by atoms with Crippen LogP contribution in [0.4, 0.5) is 0 Å². The Bertz CT molecular complexity index is 430. The second kappa shape index (κ2) is 9.32. The van der Waals surface area contributed by atoms with Crippen molar-refractivity contribution in [3.8, 4) is 0 Å². The highest BCUT2D eigenvalue weighted by atomic mass is 16.5. The summed E-state index contributed by atoms with van der Waals surface area (Å²) in [4.78, 5) is 11.7. The zero-order valence-electron chi connectivity index (χ0n) is 12.7. The summed E-state index contributed by atoms with van der Waals surface area (Å²) in [6, 6.07) is 9.82. The van der Waals surface area contributed by atoms with Crippen LogP contribution in [0.3, 0.4) is 0 Å². The van der Waals surface area contributed by atoms with Crippen molar-refractivity contribution in [1.29, 1.82) is 0 Å². The summed E-state index contributed by atoms with van der Waals surface area (Å²) in [6.45, 7) is 6.33. The Balaban J connectivity index is 2.46. The minimum absolute atomic E-state index is 0.169. The van der Waals surface area contributed by atoms with E-state index in [1.165, 1.54) is 7.11 Å². The van der Waals surface area contributed by atoms with E-state index in [0.717, 1.165) is 5.56 Å². The molecule has 0 aromatic heterocycles. The van der Waals surface area contributed by atoms with E-state index in [1.54, 1.807) is 6.08 Å². The summed E-state index contributed by atoms with van der Waals surface area (Å²) in [5.74, 6) is -1.18. The van der Waals surface area contributed by atoms with Crippen LogP contribution >= 0.6 is 0 Å². The van der Waals surface area contributed by atoms with Gasteiger partial charge in [0.2, 0.25) is 0 Å². The SMILES string of the molecule is C=CC[C@H](C(=O)OC)[C@H](O)[C@@H](C)COCc1ccccc1. The molecule has 21 heavy (non-hydrogen) atoms. The number of carbonyl (C=O) groups is 1. The lowest BCUT2D eigenvalue weighted by atomic mass is 9.90. The van der Waals surface area contributed by atoms with Crippen LogP contribution < -0.4 is 0 Å². The minimum atomic E-state index is -0.814. The molecule has 0 bridgehead atoms. The van der Waals surface area contributed by atoms with Crippen LogP contribution in [-0.2, 0) is 20.9 Å². The van der Waals surface area contributed by atoms with Gasteiger partial charge in [0.05, 0.1) is 32.3 Å². The monoisotopic (exact) mass is 292 g/mol. The molecular formula is C17H24O4. The number of carbonyl (C=O) groups excluding carboxylic acids is 1. The molecule has 1 aromatic rings. The highest BCUT2D eigenvalue weighted by Gasteiger charge is 2.30. The van der Waals surface area contributed by atoms with Gasteiger partial charge < -0.3 is 14.6 Å². The van der Waals surface area contributed by atoms with Crippen molar-refractivity contribution in [3.05, 3.63) is 48.6 Å². The topological polar surface area (TPSA) is 55.8 Å². The van der Waals surface area contributed by atoms with Gasteiger partial charge in [0.1, 0.15) is 0 Å². The highest BCUT2D eigenvalue weighted by molar-refractivity contribution is 5.73. The molecule has 0 heterocycles. The van der Waals surface area contributed by atoms with Crippen molar-refractivity contribution < 1.29 is 19.4 Å². The number of hydrogen-bond acceptors (Lipinski definition) is 4. The fourth-order valence-electron chi connectivity index (χ4n) is 2.14. The van der Waals surface area contributed by atoms with Crippen LogP contribution in [-0.4, -0.2) is 30.9 Å². The molecule has 0 saturated heterocycles. The third kappa shape index (κ3) is 5.69. The van der Waals surface area contributed by atoms with Gasteiger partial charge >= 0.3 is 5.97 Å². The normalized spacial score (nSPS) is 15.0. The Kier molecular flexibility index (Phi) is 7.72. The van der Waals surface area contributed by atoms with E-state index in [0.29, 0.717) is 19.6 Å². The van der Waals surface area contributed by atoms with Gasteiger partial charge in [-0.2, -0.15) is 0 Å². The smallest absolute Gasteiger partial charge is 0.311 e. The molecule has 4 nitrogen and oxygen atoms in total. The molecule has 0 amide bonds. The molecular weight excluding hydrogens is 268 g/mol. The van der Waals surface area contributed by atoms with Gasteiger partial charge in [-0.05, 0) is 12.0 Å². The van der Waals surface area contributed by atoms with Crippen molar-refractivity contribution in [2.75, 3.05) is 13.7 Å². The fourth-order valence-corrected chi connectivity index (χ4v) is 2.14. The third-order valence-corrected chi connectivity index (χ3v) is 3.41. The standard InChI is InChI=1S/C17H24O4/c1-4-8-15(17(19)20-3)16(18)13(2)11-21-12-14-9-6-5-7-10-14/h4-7,9-10,13,15-16,18H,1,8,11-12H2,2-3H3/t13-,15-,16+/m0/s1. The van der Waals surface area contributed by atoms with Gasteiger partial charge in [-0.25, -0.2) is 0 Å². The summed E-state index contributed by atoms with van der Waals surface area (Å²) in [5, 5.41) is 10.3. The van der Waals surface area contributed by atoms with Crippen molar-refractivity contribution in [1.82, 2.24) is 0 Å². The molecule has 4 heteroatoms.